The topological polar surface area (TPSA) is 85.8 Å². The zero-order valence-electron chi connectivity index (χ0n) is 10.5. The Kier molecular flexibility index (Phi) is 5.62. The molecule has 0 saturated heterocycles. The number of nitrogens with one attached hydrogen (secondary N) is 1. The Hall–Kier alpha value is -1.43. The average molecular weight is 239 g/mol. The van der Waals surface area contributed by atoms with Crippen molar-refractivity contribution >= 4 is 5.91 Å². The zero-order chi connectivity index (χ0) is 12.7. The largest absolute Gasteiger partial charge is 0.355 e. The number of aromatic nitrogens is 3. The van der Waals surface area contributed by atoms with Crippen LogP contribution in [0.1, 0.15) is 25.6 Å². The molecule has 17 heavy (non-hydrogen) atoms. The number of amides is 1. The van der Waals surface area contributed by atoms with Gasteiger partial charge in [-0.05, 0) is 6.42 Å². The molecule has 96 valence electrons. The highest BCUT2D eigenvalue weighted by Gasteiger charge is 2.15. The van der Waals surface area contributed by atoms with E-state index in [9.17, 15) is 4.79 Å². The van der Waals surface area contributed by atoms with Crippen molar-refractivity contribution in [2.24, 2.45) is 18.7 Å². The number of hydrogen-bond donors (Lipinski definition) is 2. The molecule has 0 spiro atoms. The number of aryl methyl sites for hydroxylation is 1. The smallest absolute Gasteiger partial charge is 0.224 e. The highest BCUT2D eigenvalue weighted by Crippen LogP contribution is 2.04. The number of hydrogen-bond acceptors (Lipinski definition) is 4. The maximum atomic E-state index is 11.7. The fourth-order valence-electron chi connectivity index (χ4n) is 1.68. The van der Waals surface area contributed by atoms with Crippen molar-refractivity contribution in [3.63, 3.8) is 0 Å². The van der Waals surface area contributed by atoms with Gasteiger partial charge in [-0.25, -0.2) is 0 Å². The zero-order valence-corrected chi connectivity index (χ0v) is 10.5. The third-order valence-electron chi connectivity index (χ3n) is 2.75. The van der Waals surface area contributed by atoms with E-state index in [-0.39, 0.29) is 11.8 Å². The summed E-state index contributed by atoms with van der Waals surface area (Å²) in [6, 6.07) is 0. The van der Waals surface area contributed by atoms with E-state index in [1.807, 2.05) is 11.6 Å². The van der Waals surface area contributed by atoms with Gasteiger partial charge in [0.15, 0.2) is 0 Å². The number of carbonyl (C=O) groups excluding carboxylic acids is 1. The number of nitrogens with zero attached hydrogens (tertiary/aromatic N) is 3. The molecule has 1 aromatic rings. The summed E-state index contributed by atoms with van der Waals surface area (Å²) < 4.78 is 1.85. The van der Waals surface area contributed by atoms with Gasteiger partial charge >= 0.3 is 0 Å². The lowest BCUT2D eigenvalue weighted by molar-refractivity contribution is -0.124. The molecular formula is C11H21N5O. The summed E-state index contributed by atoms with van der Waals surface area (Å²) in [6.45, 7) is 3.03. The molecule has 0 aromatic carbocycles. The van der Waals surface area contributed by atoms with Crippen molar-refractivity contribution in [3.05, 3.63) is 12.2 Å². The maximum Gasteiger partial charge on any atom is 0.224 e. The number of rotatable bonds is 7. The highest BCUT2D eigenvalue weighted by molar-refractivity contribution is 5.78. The van der Waals surface area contributed by atoms with Crippen LogP contribution in [0.5, 0.6) is 0 Å². The predicted molar refractivity (Wildman–Crippen MR) is 65.2 cm³/mol. The summed E-state index contributed by atoms with van der Waals surface area (Å²) in [4.78, 5) is 11.7. The van der Waals surface area contributed by atoms with Crippen LogP contribution in [0.3, 0.4) is 0 Å². The molecule has 1 heterocycles. The first-order valence-corrected chi connectivity index (χ1v) is 5.99. The highest BCUT2D eigenvalue weighted by atomic mass is 16.1. The van der Waals surface area contributed by atoms with Crippen LogP contribution in [-0.2, 0) is 18.3 Å². The van der Waals surface area contributed by atoms with E-state index in [0.717, 1.165) is 18.7 Å². The first kappa shape index (κ1) is 13.6. The van der Waals surface area contributed by atoms with Crippen LogP contribution in [0.2, 0.25) is 0 Å². The minimum Gasteiger partial charge on any atom is -0.355 e. The summed E-state index contributed by atoms with van der Waals surface area (Å²) >= 11 is 0. The molecule has 3 N–H and O–H groups in total. The average Bonchev–Trinajstić information content (AvgIpc) is 2.72. The standard InChI is InChI=1S/C11H21N5O/c1-3-4-9(7-12)11(17)13-6-5-10-15-14-8-16(10)2/h8-9H,3-7,12H2,1-2H3,(H,13,17). The second-order valence-electron chi connectivity index (χ2n) is 4.12. The number of carbonyl (C=O) groups is 1. The quantitative estimate of drug-likeness (QED) is 0.693. The molecule has 0 bridgehead atoms. The van der Waals surface area contributed by atoms with Crippen LogP contribution < -0.4 is 11.1 Å². The van der Waals surface area contributed by atoms with Crippen molar-refractivity contribution < 1.29 is 4.79 Å². The van der Waals surface area contributed by atoms with Crippen molar-refractivity contribution in [1.29, 1.82) is 0 Å². The fourth-order valence-corrected chi connectivity index (χ4v) is 1.68. The van der Waals surface area contributed by atoms with Gasteiger partial charge in [0.1, 0.15) is 12.2 Å². The van der Waals surface area contributed by atoms with Gasteiger partial charge in [-0.1, -0.05) is 13.3 Å². The lowest BCUT2D eigenvalue weighted by atomic mass is 10.0. The normalized spacial score (nSPS) is 12.4. The first-order valence-electron chi connectivity index (χ1n) is 5.99. The third kappa shape index (κ3) is 4.14. The second-order valence-corrected chi connectivity index (χ2v) is 4.12. The SMILES string of the molecule is CCCC(CN)C(=O)NCCc1nncn1C. The van der Waals surface area contributed by atoms with Crippen molar-refractivity contribution in [2.45, 2.75) is 26.2 Å². The Morgan fingerprint density at radius 1 is 1.65 bits per heavy atom. The van der Waals surface area contributed by atoms with Crippen LogP contribution in [0, 0.1) is 5.92 Å². The summed E-state index contributed by atoms with van der Waals surface area (Å²) in [5.74, 6) is 0.834. The molecule has 0 saturated carbocycles. The monoisotopic (exact) mass is 239 g/mol. The second kappa shape index (κ2) is 7.01. The molecule has 0 aliphatic heterocycles. The molecule has 1 aromatic heterocycles. The van der Waals surface area contributed by atoms with Gasteiger partial charge in [0.2, 0.25) is 5.91 Å². The van der Waals surface area contributed by atoms with Crippen molar-refractivity contribution in [3.8, 4) is 0 Å². The van der Waals surface area contributed by atoms with E-state index in [4.69, 9.17) is 5.73 Å². The summed E-state index contributed by atoms with van der Waals surface area (Å²) in [5, 5.41) is 10.6. The van der Waals surface area contributed by atoms with E-state index in [2.05, 4.69) is 22.4 Å². The summed E-state index contributed by atoms with van der Waals surface area (Å²) in [6.07, 6.45) is 4.15. The number of nitrogens with two attached hydrogens (primary N) is 1. The molecule has 6 heteroatoms. The summed E-state index contributed by atoms with van der Waals surface area (Å²) in [7, 11) is 1.89. The Morgan fingerprint density at radius 3 is 2.94 bits per heavy atom. The van der Waals surface area contributed by atoms with Crippen molar-refractivity contribution in [2.75, 3.05) is 13.1 Å². The van der Waals surface area contributed by atoms with Crippen LogP contribution in [-0.4, -0.2) is 33.8 Å². The summed E-state index contributed by atoms with van der Waals surface area (Å²) in [5.41, 5.74) is 5.56. The lowest BCUT2D eigenvalue weighted by Gasteiger charge is -2.13. The van der Waals surface area contributed by atoms with Gasteiger partial charge in [-0.15, -0.1) is 10.2 Å². The Labute approximate surface area is 102 Å². The molecule has 1 amide bonds. The van der Waals surface area contributed by atoms with Gasteiger partial charge in [0.05, 0.1) is 5.92 Å². The van der Waals surface area contributed by atoms with Crippen LogP contribution in [0.25, 0.3) is 0 Å². The molecule has 1 rings (SSSR count). The molecule has 0 radical (unpaired) electrons. The van der Waals surface area contributed by atoms with Gasteiger partial charge in [-0.2, -0.15) is 0 Å². The molecular weight excluding hydrogens is 218 g/mol. The lowest BCUT2D eigenvalue weighted by Crippen LogP contribution is -2.36. The van der Waals surface area contributed by atoms with Gasteiger partial charge in [-0.3, -0.25) is 4.79 Å². The van der Waals surface area contributed by atoms with Crippen LogP contribution >= 0.6 is 0 Å². The molecule has 1 atom stereocenters. The van der Waals surface area contributed by atoms with Gasteiger partial charge < -0.3 is 15.6 Å². The molecule has 0 aliphatic carbocycles. The third-order valence-corrected chi connectivity index (χ3v) is 2.75. The van der Waals surface area contributed by atoms with E-state index >= 15 is 0 Å². The van der Waals surface area contributed by atoms with E-state index < -0.39 is 0 Å². The van der Waals surface area contributed by atoms with E-state index in [1.165, 1.54) is 0 Å². The Morgan fingerprint density at radius 2 is 2.41 bits per heavy atom. The van der Waals surface area contributed by atoms with Gasteiger partial charge in [0.25, 0.3) is 0 Å². The van der Waals surface area contributed by atoms with E-state index in [0.29, 0.717) is 19.5 Å². The Bertz CT molecular complexity index is 349. The molecule has 0 fully saturated rings. The van der Waals surface area contributed by atoms with Crippen molar-refractivity contribution in [1.82, 2.24) is 20.1 Å². The first-order chi connectivity index (χ1) is 8.19. The molecule has 0 aliphatic rings. The minimum atomic E-state index is -0.0699. The molecule has 6 nitrogen and oxygen atoms in total. The molecule has 1 unspecified atom stereocenters. The minimum absolute atomic E-state index is 0.0384. The van der Waals surface area contributed by atoms with Crippen LogP contribution in [0.15, 0.2) is 6.33 Å². The Balaban J connectivity index is 2.30. The van der Waals surface area contributed by atoms with E-state index in [1.54, 1.807) is 6.33 Å². The fraction of sp³-hybridized carbons (Fsp3) is 0.727. The predicted octanol–water partition coefficient (Wildman–Crippen LogP) is -0.151. The van der Waals surface area contributed by atoms with Crippen LogP contribution in [0.4, 0.5) is 0 Å². The maximum absolute atomic E-state index is 11.7. The van der Waals surface area contributed by atoms with Gasteiger partial charge in [0, 0.05) is 26.6 Å².